The smallest absolute Gasteiger partial charge is 0.105 e. The molecule has 17 heavy (non-hydrogen) atoms. The average molecular weight is 232 g/mol. The van der Waals surface area contributed by atoms with Gasteiger partial charge in [0, 0.05) is 38.4 Å². The molecule has 2 heterocycles. The van der Waals surface area contributed by atoms with Gasteiger partial charge in [-0.15, -0.1) is 0 Å². The third-order valence-corrected chi connectivity index (χ3v) is 2.75. The molecule has 2 aromatic heterocycles. The predicted molar refractivity (Wildman–Crippen MR) is 68.8 cm³/mol. The van der Waals surface area contributed by atoms with Gasteiger partial charge < -0.3 is 14.3 Å². The summed E-state index contributed by atoms with van der Waals surface area (Å²) in [6, 6.07) is 6.12. The van der Waals surface area contributed by atoms with Gasteiger partial charge in [0.25, 0.3) is 0 Å². The zero-order chi connectivity index (χ0) is 11.9. The predicted octanol–water partition coefficient (Wildman–Crippen LogP) is 2.82. The fourth-order valence-corrected chi connectivity index (χ4v) is 1.89. The number of aryl methyl sites for hydroxylation is 1. The second-order valence-corrected chi connectivity index (χ2v) is 4.26. The summed E-state index contributed by atoms with van der Waals surface area (Å²) in [6.45, 7) is 5.18. The van der Waals surface area contributed by atoms with Crippen molar-refractivity contribution in [1.82, 2.24) is 9.88 Å². The Balaban J connectivity index is 1.67. The van der Waals surface area contributed by atoms with Crippen molar-refractivity contribution in [3.63, 3.8) is 0 Å². The lowest BCUT2D eigenvalue weighted by Gasteiger charge is -2.01. The van der Waals surface area contributed by atoms with Crippen molar-refractivity contribution in [2.75, 3.05) is 6.54 Å². The van der Waals surface area contributed by atoms with Gasteiger partial charge in [0.15, 0.2) is 0 Å². The first-order chi connectivity index (χ1) is 8.38. The first-order valence-corrected chi connectivity index (χ1v) is 6.26. The van der Waals surface area contributed by atoms with Crippen molar-refractivity contribution >= 4 is 0 Å². The van der Waals surface area contributed by atoms with Crippen LogP contribution < -0.4 is 5.32 Å². The molecule has 2 rings (SSSR count). The minimum Gasteiger partial charge on any atom is -0.469 e. The lowest BCUT2D eigenvalue weighted by atomic mass is 10.3. The molecular weight excluding hydrogens is 212 g/mol. The molecule has 0 fully saturated rings. The number of hydrogen-bond acceptors (Lipinski definition) is 2. The van der Waals surface area contributed by atoms with Crippen LogP contribution >= 0.6 is 0 Å². The second kappa shape index (κ2) is 6.30. The molecule has 0 saturated heterocycles. The Kier molecular flexibility index (Phi) is 4.45. The number of aromatic nitrogens is 1. The molecule has 1 N–H and O–H groups in total. The molecule has 3 nitrogen and oxygen atoms in total. The molecule has 0 bridgehead atoms. The van der Waals surface area contributed by atoms with Crippen LogP contribution in [0.15, 0.2) is 41.3 Å². The molecule has 0 aliphatic heterocycles. The van der Waals surface area contributed by atoms with Crippen molar-refractivity contribution in [2.45, 2.75) is 32.9 Å². The molecule has 2 aromatic rings. The number of nitrogens with zero attached hydrogens (tertiary/aromatic N) is 1. The molecule has 0 atom stereocenters. The molecule has 0 amide bonds. The SMILES string of the molecule is CCCn1ccc(CNCCc2ccco2)c1. The van der Waals surface area contributed by atoms with E-state index in [4.69, 9.17) is 4.42 Å². The van der Waals surface area contributed by atoms with Gasteiger partial charge in [-0.25, -0.2) is 0 Å². The topological polar surface area (TPSA) is 30.1 Å². The maximum Gasteiger partial charge on any atom is 0.105 e. The highest BCUT2D eigenvalue weighted by atomic mass is 16.3. The highest BCUT2D eigenvalue weighted by molar-refractivity contribution is 5.10. The molecular formula is C14H20N2O. The number of furan rings is 1. The van der Waals surface area contributed by atoms with E-state index in [1.165, 1.54) is 12.0 Å². The fourth-order valence-electron chi connectivity index (χ4n) is 1.89. The van der Waals surface area contributed by atoms with Gasteiger partial charge >= 0.3 is 0 Å². The third kappa shape index (κ3) is 3.79. The van der Waals surface area contributed by atoms with Gasteiger partial charge in [-0.3, -0.25) is 0 Å². The molecule has 0 aromatic carbocycles. The van der Waals surface area contributed by atoms with Crippen LogP contribution in [0.1, 0.15) is 24.7 Å². The van der Waals surface area contributed by atoms with Crippen LogP contribution in [-0.4, -0.2) is 11.1 Å². The van der Waals surface area contributed by atoms with E-state index >= 15 is 0 Å². The summed E-state index contributed by atoms with van der Waals surface area (Å²) in [5.74, 6) is 1.04. The largest absolute Gasteiger partial charge is 0.469 e. The van der Waals surface area contributed by atoms with E-state index in [0.29, 0.717) is 0 Å². The Morgan fingerprint density at radius 2 is 2.29 bits per heavy atom. The van der Waals surface area contributed by atoms with E-state index < -0.39 is 0 Å². The Hall–Kier alpha value is -1.48. The second-order valence-electron chi connectivity index (χ2n) is 4.26. The van der Waals surface area contributed by atoms with Gasteiger partial charge in [-0.05, 0) is 30.2 Å². The molecule has 0 aliphatic rings. The third-order valence-electron chi connectivity index (χ3n) is 2.75. The lowest BCUT2D eigenvalue weighted by molar-refractivity contribution is 0.499. The minimum absolute atomic E-state index is 0.928. The Labute approximate surface area is 102 Å². The summed E-state index contributed by atoms with van der Waals surface area (Å²) in [4.78, 5) is 0. The van der Waals surface area contributed by atoms with Crippen LogP contribution in [0.3, 0.4) is 0 Å². The summed E-state index contributed by atoms with van der Waals surface area (Å²) >= 11 is 0. The fraction of sp³-hybridized carbons (Fsp3) is 0.429. The maximum absolute atomic E-state index is 5.28. The van der Waals surface area contributed by atoms with E-state index in [9.17, 15) is 0 Å². The van der Waals surface area contributed by atoms with Crippen molar-refractivity contribution in [3.05, 3.63) is 48.2 Å². The van der Waals surface area contributed by atoms with Crippen LogP contribution in [0.4, 0.5) is 0 Å². The maximum atomic E-state index is 5.28. The summed E-state index contributed by atoms with van der Waals surface area (Å²) in [5.41, 5.74) is 1.35. The van der Waals surface area contributed by atoms with Crippen molar-refractivity contribution < 1.29 is 4.42 Å². The average Bonchev–Trinajstić information content (AvgIpc) is 2.96. The number of rotatable bonds is 7. The van der Waals surface area contributed by atoms with Crippen molar-refractivity contribution in [3.8, 4) is 0 Å². The van der Waals surface area contributed by atoms with Crippen molar-refractivity contribution in [2.24, 2.45) is 0 Å². The monoisotopic (exact) mass is 232 g/mol. The Bertz CT molecular complexity index is 417. The Morgan fingerprint density at radius 3 is 3.06 bits per heavy atom. The first-order valence-electron chi connectivity index (χ1n) is 6.26. The van der Waals surface area contributed by atoms with Gasteiger partial charge in [0.05, 0.1) is 6.26 Å². The number of hydrogen-bond donors (Lipinski definition) is 1. The summed E-state index contributed by atoms with van der Waals surface area (Å²) < 4.78 is 7.52. The Morgan fingerprint density at radius 1 is 1.35 bits per heavy atom. The molecule has 0 saturated carbocycles. The quantitative estimate of drug-likeness (QED) is 0.744. The number of nitrogens with one attached hydrogen (secondary N) is 1. The van der Waals surface area contributed by atoms with E-state index in [0.717, 1.165) is 31.8 Å². The summed E-state index contributed by atoms with van der Waals surface area (Å²) in [7, 11) is 0. The molecule has 92 valence electrons. The van der Waals surface area contributed by atoms with Crippen LogP contribution in [0.2, 0.25) is 0 Å². The minimum atomic E-state index is 0.928. The van der Waals surface area contributed by atoms with Gasteiger partial charge in [-0.2, -0.15) is 0 Å². The summed E-state index contributed by atoms with van der Waals surface area (Å²) in [6.07, 6.45) is 8.21. The summed E-state index contributed by atoms with van der Waals surface area (Å²) in [5, 5.41) is 3.42. The van der Waals surface area contributed by atoms with E-state index in [1.54, 1.807) is 6.26 Å². The first kappa shape index (κ1) is 12.0. The molecule has 3 heteroatoms. The normalized spacial score (nSPS) is 10.9. The van der Waals surface area contributed by atoms with Gasteiger partial charge in [0.1, 0.15) is 5.76 Å². The van der Waals surface area contributed by atoms with Crippen LogP contribution in [-0.2, 0) is 19.5 Å². The van der Waals surface area contributed by atoms with E-state index in [2.05, 4.69) is 35.3 Å². The van der Waals surface area contributed by atoms with Gasteiger partial charge in [0.2, 0.25) is 0 Å². The highest BCUT2D eigenvalue weighted by Crippen LogP contribution is 2.03. The molecule has 0 radical (unpaired) electrons. The van der Waals surface area contributed by atoms with Crippen LogP contribution in [0.25, 0.3) is 0 Å². The van der Waals surface area contributed by atoms with E-state index in [1.807, 2.05) is 12.1 Å². The standard InChI is InChI=1S/C14H20N2O/c1-2-8-16-9-6-13(12-16)11-15-7-5-14-4-3-10-17-14/h3-4,6,9-10,12,15H,2,5,7-8,11H2,1H3. The van der Waals surface area contributed by atoms with Crippen LogP contribution in [0, 0.1) is 0 Å². The van der Waals surface area contributed by atoms with Gasteiger partial charge in [-0.1, -0.05) is 6.92 Å². The lowest BCUT2D eigenvalue weighted by Crippen LogP contribution is -2.16. The molecule has 0 spiro atoms. The van der Waals surface area contributed by atoms with Crippen molar-refractivity contribution in [1.29, 1.82) is 0 Å². The zero-order valence-corrected chi connectivity index (χ0v) is 10.4. The van der Waals surface area contributed by atoms with E-state index in [-0.39, 0.29) is 0 Å². The highest BCUT2D eigenvalue weighted by Gasteiger charge is 1.97. The molecule has 0 unspecified atom stereocenters. The molecule has 0 aliphatic carbocycles. The zero-order valence-electron chi connectivity index (χ0n) is 10.4. The van der Waals surface area contributed by atoms with Crippen LogP contribution in [0.5, 0.6) is 0 Å².